The van der Waals surface area contributed by atoms with Crippen molar-refractivity contribution in [3.8, 4) is 0 Å². The van der Waals surface area contributed by atoms with Crippen LogP contribution in [0.2, 0.25) is 0 Å². The molecular formula is C16H24N4O. The molecule has 4 aliphatic rings. The van der Waals surface area contributed by atoms with Crippen LogP contribution in [-0.4, -0.2) is 21.1 Å². The highest BCUT2D eigenvalue weighted by Gasteiger charge is 2.62. The van der Waals surface area contributed by atoms with Crippen molar-refractivity contribution < 1.29 is 4.79 Å². The van der Waals surface area contributed by atoms with Crippen molar-refractivity contribution in [2.75, 3.05) is 0 Å². The number of aromatic nitrogens is 3. The van der Waals surface area contributed by atoms with Crippen LogP contribution in [0.1, 0.15) is 58.2 Å². The zero-order valence-electron chi connectivity index (χ0n) is 12.9. The summed E-state index contributed by atoms with van der Waals surface area (Å²) in [5, 5.41) is 9.74. The quantitative estimate of drug-likeness (QED) is 0.897. The molecule has 0 aromatic carbocycles. The van der Waals surface area contributed by atoms with Crippen LogP contribution < -0.4 is 5.32 Å². The molecule has 4 bridgehead atoms. The highest BCUT2D eigenvalue weighted by Crippen LogP contribution is 2.69. The van der Waals surface area contributed by atoms with Gasteiger partial charge in [0.1, 0.15) is 12.2 Å². The lowest BCUT2D eigenvalue weighted by molar-refractivity contribution is -0.170. The molecule has 1 amide bonds. The minimum atomic E-state index is -0.136. The van der Waals surface area contributed by atoms with Crippen LogP contribution in [0.25, 0.3) is 0 Å². The summed E-state index contributed by atoms with van der Waals surface area (Å²) in [5.74, 6) is 1.71. The second-order valence-corrected chi connectivity index (χ2v) is 8.53. The summed E-state index contributed by atoms with van der Waals surface area (Å²) in [6.45, 7) is 5.25. The maximum atomic E-state index is 12.9. The van der Waals surface area contributed by atoms with E-state index >= 15 is 0 Å². The van der Waals surface area contributed by atoms with Crippen molar-refractivity contribution in [3.05, 3.63) is 12.2 Å². The Labute approximate surface area is 125 Å². The van der Waals surface area contributed by atoms with Crippen LogP contribution in [0.15, 0.2) is 6.33 Å². The first-order chi connectivity index (χ1) is 9.91. The molecule has 21 heavy (non-hydrogen) atoms. The Bertz CT molecular complexity index is 549. The number of carbonyl (C=O) groups is 1. The molecule has 4 fully saturated rings. The van der Waals surface area contributed by atoms with E-state index in [1.807, 2.05) is 0 Å². The fraction of sp³-hybridized carbons (Fsp3) is 0.812. The molecule has 5 nitrogen and oxygen atoms in total. The molecule has 0 spiro atoms. The molecule has 4 saturated carbocycles. The van der Waals surface area contributed by atoms with E-state index in [9.17, 15) is 4.79 Å². The summed E-state index contributed by atoms with van der Waals surface area (Å²) < 4.78 is 0. The molecule has 0 saturated heterocycles. The van der Waals surface area contributed by atoms with Gasteiger partial charge in [0.25, 0.3) is 0 Å². The average Bonchev–Trinajstić information content (AvgIpc) is 2.84. The predicted molar refractivity (Wildman–Crippen MR) is 78.1 cm³/mol. The zero-order valence-corrected chi connectivity index (χ0v) is 12.9. The van der Waals surface area contributed by atoms with E-state index in [4.69, 9.17) is 0 Å². The first kappa shape index (κ1) is 13.3. The second kappa shape index (κ2) is 4.08. The van der Waals surface area contributed by atoms with Crippen LogP contribution in [0.4, 0.5) is 0 Å². The Morgan fingerprint density at radius 1 is 1.29 bits per heavy atom. The summed E-state index contributed by atoms with van der Waals surface area (Å²) in [6.07, 6.45) is 8.63. The van der Waals surface area contributed by atoms with Crippen LogP contribution >= 0.6 is 0 Å². The normalized spacial score (nSPS) is 44.0. The van der Waals surface area contributed by atoms with E-state index in [1.54, 1.807) is 0 Å². The molecule has 0 aliphatic heterocycles. The highest BCUT2D eigenvalue weighted by molar-refractivity contribution is 5.83. The van der Waals surface area contributed by atoms with Gasteiger partial charge < -0.3 is 5.32 Å². The van der Waals surface area contributed by atoms with E-state index in [-0.39, 0.29) is 11.3 Å². The topological polar surface area (TPSA) is 70.7 Å². The second-order valence-electron chi connectivity index (χ2n) is 8.53. The van der Waals surface area contributed by atoms with E-state index in [0.29, 0.717) is 17.4 Å². The van der Waals surface area contributed by atoms with Gasteiger partial charge in [0, 0.05) is 0 Å². The first-order valence-corrected chi connectivity index (χ1v) is 8.03. The number of nitrogens with one attached hydrogen (secondary N) is 2. The summed E-state index contributed by atoms with van der Waals surface area (Å²) >= 11 is 0. The van der Waals surface area contributed by atoms with Crippen molar-refractivity contribution in [1.82, 2.24) is 20.5 Å². The van der Waals surface area contributed by atoms with Crippen molar-refractivity contribution in [2.45, 2.75) is 58.9 Å². The molecular weight excluding hydrogens is 264 g/mol. The van der Waals surface area contributed by atoms with Crippen LogP contribution in [0.5, 0.6) is 0 Å². The Kier molecular flexibility index (Phi) is 2.58. The maximum absolute atomic E-state index is 12.9. The summed E-state index contributed by atoms with van der Waals surface area (Å²) in [5.41, 5.74) is 0.610. The van der Waals surface area contributed by atoms with Gasteiger partial charge in [-0.2, -0.15) is 5.10 Å². The lowest BCUT2D eigenvalue weighted by Crippen LogP contribution is -2.59. The van der Waals surface area contributed by atoms with Crippen molar-refractivity contribution in [1.29, 1.82) is 0 Å². The van der Waals surface area contributed by atoms with Gasteiger partial charge >= 0.3 is 0 Å². The molecule has 1 aromatic heterocycles. The smallest absolute Gasteiger partial charge is 0.226 e. The minimum Gasteiger partial charge on any atom is -0.348 e. The number of hydrogen-bond donors (Lipinski definition) is 2. The molecule has 4 aliphatic carbocycles. The standard InChI is InChI=1S/C16H24N4O/c1-14-3-11-4-15(2,7-14)9-16(5-11,8-14)13(21)17-6-12-18-10-19-20-12/h10-11H,3-9H2,1-2H3,(H,17,21)(H,18,19,20). The summed E-state index contributed by atoms with van der Waals surface area (Å²) in [7, 11) is 0. The molecule has 5 rings (SSSR count). The van der Waals surface area contributed by atoms with Crippen LogP contribution in [0, 0.1) is 22.2 Å². The van der Waals surface area contributed by atoms with E-state index in [2.05, 4.69) is 34.3 Å². The Hall–Kier alpha value is -1.39. The molecule has 1 aromatic rings. The number of amides is 1. The van der Waals surface area contributed by atoms with Gasteiger partial charge in [0.05, 0.1) is 12.0 Å². The average molecular weight is 288 g/mol. The minimum absolute atomic E-state index is 0.136. The van der Waals surface area contributed by atoms with Gasteiger partial charge in [-0.05, 0) is 55.3 Å². The van der Waals surface area contributed by atoms with E-state index in [0.717, 1.165) is 31.0 Å². The van der Waals surface area contributed by atoms with Crippen LogP contribution in [0.3, 0.4) is 0 Å². The number of rotatable bonds is 3. The van der Waals surface area contributed by atoms with Crippen LogP contribution in [-0.2, 0) is 11.3 Å². The Balaban J connectivity index is 1.54. The molecule has 5 heteroatoms. The molecule has 2 atom stereocenters. The number of hydrogen-bond acceptors (Lipinski definition) is 3. The van der Waals surface area contributed by atoms with Gasteiger partial charge in [-0.3, -0.25) is 9.89 Å². The molecule has 1 heterocycles. The fourth-order valence-electron chi connectivity index (χ4n) is 6.37. The molecule has 2 unspecified atom stereocenters. The zero-order chi connectivity index (χ0) is 14.7. The molecule has 2 N–H and O–H groups in total. The number of H-pyrrole nitrogens is 1. The first-order valence-electron chi connectivity index (χ1n) is 8.03. The monoisotopic (exact) mass is 288 g/mol. The fourth-order valence-corrected chi connectivity index (χ4v) is 6.37. The Morgan fingerprint density at radius 2 is 2.00 bits per heavy atom. The SMILES string of the molecule is CC12CC3CC(C)(C1)CC(C(=O)NCc1ncn[nH]1)(C3)C2. The lowest BCUT2D eigenvalue weighted by atomic mass is 9.40. The van der Waals surface area contributed by atoms with Crippen molar-refractivity contribution in [3.63, 3.8) is 0 Å². The van der Waals surface area contributed by atoms with E-state index < -0.39 is 0 Å². The van der Waals surface area contributed by atoms with Crippen molar-refractivity contribution in [2.24, 2.45) is 22.2 Å². The molecule has 114 valence electrons. The Morgan fingerprint density at radius 3 is 2.57 bits per heavy atom. The van der Waals surface area contributed by atoms with Gasteiger partial charge in [-0.15, -0.1) is 0 Å². The molecule has 0 radical (unpaired) electrons. The largest absolute Gasteiger partial charge is 0.348 e. The third kappa shape index (κ3) is 2.09. The number of nitrogens with zero attached hydrogens (tertiary/aromatic N) is 2. The third-order valence-corrected chi connectivity index (χ3v) is 5.99. The maximum Gasteiger partial charge on any atom is 0.226 e. The van der Waals surface area contributed by atoms with Crippen molar-refractivity contribution >= 4 is 5.91 Å². The van der Waals surface area contributed by atoms with Gasteiger partial charge in [0.2, 0.25) is 5.91 Å². The summed E-state index contributed by atoms with van der Waals surface area (Å²) in [6, 6.07) is 0. The number of aromatic amines is 1. The van der Waals surface area contributed by atoms with Gasteiger partial charge in [-0.25, -0.2) is 4.98 Å². The highest BCUT2D eigenvalue weighted by atomic mass is 16.2. The lowest BCUT2D eigenvalue weighted by Gasteiger charge is -2.64. The van der Waals surface area contributed by atoms with Gasteiger partial charge in [0.15, 0.2) is 0 Å². The number of carbonyl (C=O) groups excluding carboxylic acids is 1. The third-order valence-electron chi connectivity index (χ3n) is 5.99. The van der Waals surface area contributed by atoms with Gasteiger partial charge in [-0.1, -0.05) is 13.8 Å². The summed E-state index contributed by atoms with van der Waals surface area (Å²) in [4.78, 5) is 17.0. The predicted octanol–water partition coefficient (Wildman–Crippen LogP) is 2.42. The van der Waals surface area contributed by atoms with E-state index in [1.165, 1.54) is 25.6 Å².